The fraction of sp³-hybridized carbons (Fsp3) is 0.278. The van der Waals surface area contributed by atoms with Gasteiger partial charge in [0.1, 0.15) is 0 Å². The predicted octanol–water partition coefficient (Wildman–Crippen LogP) is 18.0. The Kier molecular flexibility index (Phi) is 10.1. The highest BCUT2D eigenvalue weighted by Gasteiger charge is 2.70. The van der Waals surface area contributed by atoms with E-state index in [2.05, 4.69) is 206 Å². The third-order valence-corrected chi connectivity index (χ3v) is 19.8. The number of hydrogen-bond donors (Lipinski definition) is 0. The molecular formula is C72H62. The molecule has 8 aromatic rings. The molecular weight excluding hydrogens is 865 g/mol. The van der Waals surface area contributed by atoms with Gasteiger partial charge in [-0.05, 0) is 201 Å². The molecule has 0 N–H and O–H groups in total. The highest BCUT2D eigenvalue weighted by molar-refractivity contribution is 5.97. The van der Waals surface area contributed by atoms with Gasteiger partial charge in [-0.25, -0.2) is 0 Å². The number of terminal acetylenes is 2. The molecule has 0 aromatic heterocycles. The van der Waals surface area contributed by atoms with E-state index in [0.717, 1.165) is 34.8 Å². The van der Waals surface area contributed by atoms with E-state index in [1.807, 2.05) is 0 Å². The van der Waals surface area contributed by atoms with Crippen LogP contribution in [0.25, 0.3) is 66.8 Å². The zero-order chi connectivity index (χ0) is 48.1. The third-order valence-electron chi connectivity index (χ3n) is 19.8. The lowest BCUT2D eigenvalue weighted by Gasteiger charge is -2.74. The van der Waals surface area contributed by atoms with E-state index in [-0.39, 0.29) is 21.7 Å². The molecule has 72 heavy (non-hydrogen) atoms. The highest BCUT2D eigenvalue weighted by atomic mass is 14.7. The molecule has 0 heterocycles. The van der Waals surface area contributed by atoms with Gasteiger partial charge in [-0.1, -0.05) is 194 Å². The second kappa shape index (κ2) is 16.7. The summed E-state index contributed by atoms with van der Waals surface area (Å²) >= 11 is 0. The van der Waals surface area contributed by atoms with Crippen LogP contribution in [0, 0.1) is 59.2 Å². The summed E-state index contributed by atoms with van der Waals surface area (Å²) in [5, 5.41) is 0. The second-order valence-corrected chi connectivity index (χ2v) is 23.7. The normalized spacial score (nSPS) is 28.4. The van der Waals surface area contributed by atoms with Crippen LogP contribution < -0.4 is 0 Å². The first kappa shape index (κ1) is 43.7. The minimum absolute atomic E-state index is 0.0382. The lowest BCUT2D eigenvalue weighted by Crippen LogP contribution is -2.66. The predicted molar refractivity (Wildman–Crippen MR) is 299 cm³/mol. The smallest absolute Gasteiger partial charge is 0.0405 e. The van der Waals surface area contributed by atoms with E-state index in [1.54, 1.807) is 11.1 Å². The van der Waals surface area contributed by atoms with Crippen molar-refractivity contribution in [1.82, 2.24) is 0 Å². The molecule has 0 spiro atoms. The van der Waals surface area contributed by atoms with Gasteiger partial charge in [-0.15, -0.1) is 12.8 Å². The maximum atomic E-state index is 6.77. The van der Waals surface area contributed by atoms with Gasteiger partial charge in [0.25, 0.3) is 0 Å². The van der Waals surface area contributed by atoms with Gasteiger partial charge in [0, 0.05) is 22.3 Å². The molecule has 8 bridgehead atoms. The highest BCUT2D eigenvalue weighted by Crippen LogP contribution is 2.79. The minimum atomic E-state index is 0.0382. The molecule has 4 atom stereocenters. The lowest BCUT2D eigenvalue weighted by molar-refractivity contribution is -0.212. The number of benzene rings is 8. The average molecular weight is 927 g/mol. The zero-order valence-electron chi connectivity index (χ0n) is 41.4. The molecule has 0 heteroatoms. The molecule has 4 unspecified atom stereocenters. The van der Waals surface area contributed by atoms with Crippen LogP contribution in [0.4, 0.5) is 0 Å². The molecule has 0 saturated heterocycles. The molecule has 8 aliphatic rings. The van der Waals surface area contributed by atoms with Crippen LogP contribution in [0.2, 0.25) is 0 Å². The Balaban J connectivity index is 0.990. The van der Waals surface area contributed by atoms with E-state index in [0.29, 0.717) is 0 Å². The molecule has 8 aromatic carbocycles. The van der Waals surface area contributed by atoms with Crippen molar-refractivity contribution in [1.29, 1.82) is 0 Å². The quantitative estimate of drug-likeness (QED) is 0.127. The Labute approximate surface area is 428 Å². The van der Waals surface area contributed by atoms with Crippen molar-refractivity contribution in [3.8, 4) is 91.4 Å². The van der Waals surface area contributed by atoms with E-state index in [9.17, 15) is 0 Å². The van der Waals surface area contributed by atoms with Gasteiger partial charge in [-0.2, -0.15) is 0 Å². The number of rotatable bonds is 9. The summed E-state index contributed by atoms with van der Waals surface area (Å²) in [6, 6.07) is 72.3. The van der Waals surface area contributed by atoms with Gasteiger partial charge in [0.2, 0.25) is 0 Å². The van der Waals surface area contributed by atoms with Gasteiger partial charge < -0.3 is 0 Å². The molecule has 8 saturated carbocycles. The maximum Gasteiger partial charge on any atom is 0.0405 e. The Bertz CT molecular complexity index is 3180. The van der Waals surface area contributed by atoms with Crippen LogP contribution in [-0.2, 0) is 10.8 Å². The second-order valence-electron chi connectivity index (χ2n) is 23.7. The summed E-state index contributed by atoms with van der Waals surface area (Å²) < 4.78 is 0. The first-order chi connectivity index (χ1) is 35.4. The van der Waals surface area contributed by atoms with Crippen molar-refractivity contribution in [3.05, 3.63) is 216 Å². The molecule has 0 radical (unpaired) electrons. The van der Waals surface area contributed by atoms with Crippen LogP contribution in [0.1, 0.15) is 99.3 Å². The summed E-state index contributed by atoms with van der Waals surface area (Å²) in [5.74, 6) is 9.53. The summed E-state index contributed by atoms with van der Waals surface area (Å²) in [4.78, 5) is 0. The standard InChI is InChI=1S/C72H62/c1-3-59-61(53-23-11-5-12-24-53)37-63(67(57-31-19-9-20-32-57)65(59)55-27-15-7-16-28-55)69-39-49-35-50(40-69)44-71(43-49,47-69)72-45-51-36-52(46-72)42-70(41-51,48-72)64-38-62(54-25-13-6-14-26-54)60(4-2)66(56-29-17-8-18-30-56)68(64)58-33-21-10-22-34-58/h1-2,5-34,37-38,49-52H,35-36,39-48H2. The van der Waals surface area contributed by atoms with Crippen molar-refractivity contribution in [2.24, 2.45) is 34.5 Å². The van der Waals surface area contributed by atoms with Crippen LogP contribution in [0.3, 0.4) is 0 Å². The fourth-order valence-corrected chi connectivity index (χ4v) is 18.2. The Hall–Kier alpha value is -7.12. The largest absolute Gasteiger partial charge is 0.115 e. The summed E-state index contributed by atoms with van der Waals surface area (Å²) in [6.45, 7) is 0. The summed E-state index contributed by atoms with van der Waals surface area (Å²) in [7, 11) is 0. The van der Waals surface area contributed by atoms with Crippen LogP contribution >= 0.6 is 0 Å². The number of hydrogen-bond acceptors (Lipinski definition) is 0. The summed E-state index contributed by atoms with van der Waals surface area (Å²) in [6.07, 6.45) is 29.4. The van der Waals surface area contributed by atoms with Crippen molar-refractivity contribution < 1.29 is 0 Å². The first-order valence-corrected chi connectivity index (χ1v) is 27.1. The van der Waals surface area contributed by atoms with Crippen molar-refractivity contribution in [3.63, 3.8) is 0 Å². The van der Waals surface area contributed by atoms with Crippen LogP contribution in [0.5, 0.6) is 0 Å². The zero-order valence-corrected chi connectivity index (χ0v) is 41.4. The minimum Gasteiger partial charge on any atom is -0.115 e. The average Bonchev–Trinajstić information content (AvgIpc) is 3.43. The molecule has 0 aliphatic heterocycles. The van der Waals surface area contributed by atoms with Crippen LogP contribution in [0.15, 0.2) is 194 Å². The Morgan fingerprint density at radius 3 is 0.861 bits per heavy atom. The SMILES string of the molecule is C#Cc1c(-c2ccccc2)cc(C23CC4CC(C2)CC(C25CC6CC(CC(c7cc(-c8ccccc8)c(C#C)c(-c8ccccc8)c7-c7ccccc7)(C6)C2)C5)(C4)C3)c(-c2ccccc2)c1-c1ccccc1. The molecule has 16 rings (SSSR count). The first-order valence-electron chi connectivity index (χ1n) is 27.1. The molecule has 0 nitrogen and oxygen atoms in total. The van der Waals surface area contributed by atoms with E-state index in [4.69, 9.17) is 12.8 Å². The van der Waals surface area contributed by atoms with Crippen molar-refractivity contribution in [2.45, 2.75) is 87.9 Å². The van der Waals surface area contributed by atoms with Crippen LogP contribution in [-0.4, -0.2) is 0 Å². The van der Waals surface area contributed by atoms with E-state index >= 15 is 0 Å². The third kappa shape index (κ3) is 6.68. The van der Waals surface area contributed by atoms with Gasteiger partial charge in [0.15, 0.2) is 0 Å². The lowest BCUT2D eigenvalue weighted by atomic mass is 9.30. The van der Waals surface area contributed by atoms with Crippen molar-refractivity contribution in [2.75, 3.05) is 0 Å². The molecule has 350 valence electrons. The maximum absolute atomic E-state index is 6.77. The van der Waals surface area contributed by atoms with Gasteiger partial charge in [-0.3, -0.25) is 0 Å². The fourth-order valence-electron chi connectivity index (χ4n) is 18.2. The Morgan fingerprint density at radius 2 is 0.583 bits per heavy atom. The molecule has 8 fully saturated rings. The topological polar surface area (TPSA) is 0 Å². The molecule has 8 aliphatic carbocycles. The van der Waals surface area contributed by atoms with E-state index < -0.39 is 0 Å². The Morgan fingerprint density at radius 1 is 0.319 bits per heavy atom. The van der Waals surface area contributed by atoms with Gasteiger partial charge in [0.05, 0.1) is 0 Å². The molecule has 0 amide bonds. The summed E-state index contributed by atoms with van der Waals surface area (Å²) in [5.41, 5.74) is 20.7. The monoisotopic (exact) mass is 926 g/mol. The van der Waals surface area contributed by atoms with Gasteiger partial charge >= 0.3 is 0 Å². The van der Waals surface area contributed by atoms with Crippen molar-refractivity contribution >= 4 is 0 Å². The van der Waals surface area contributed by atoms with E-state index in [1.165, 1.54) is 144 Å².